The van der Waals surface area contributed by atoms with E-state index in [1.807, 2.05) is 13.8 Å². The fourth-order valence-electron chi connectivity index (χ4n) is 1.68. The maximum Gasteiger partial charge on any atom is 0.326 e. The molecule has 19 heavy (non-hydrogen) atoms. The minimum absolute atomic E-state index is 0.0828. The van der Waals surface area contributed by atoms with E-state index in [1.165, 1.54) is 12.3 Å². The summed E-state index contributed by atoms with van der Waals surface area (Å²) in [6.45, 7) is 5.42. The molecule has 0 unspecified atom stereocenters. The van der Waals surface area contributed by atoms with E-state index in [4.69, 9.17) is 5.11 Å². The molecule has 1 aromatic rings. The van der Waals surface area contributed by atoms with Gasteiger partial charge in [-0.3, -0.25) is 9.59 Å². The van der Waals surface area contributed by atoms with Crippen LogP contribution >= 0.6 is 0 Å². The number of nitrogens with one attached hydrogen (secondary N) is 2. The van der Waals surface area contributed by atoms with Gasteiger partial charge in [0, 0.05) is 18.0 Å². The highest BCUT2D eigenvalue weighted by atomic mass is 16.4. The van der Waals surface area contributed by atoms with Crippen molar-refractivity contribution in [2.75, 3.05) is 0 Å². The van der Waals surface area contributed by atoms with Crippen molar-refractivity contribution in [2.45, 2.75) is 33.2 Å². The smallest absolute Gasteiger partial charge is 0.326 e. The maximum absolute atomic E-state index is 11.9. The number of amides is 1. The minimum atomic E-state index is -1.11. The van der Waals surface area contributed by atoms with Crippen molar-refractivity contribution >= 4 is 11.9 Å². The molecule has 1 aromatic heterocycles. The third-order valence-corrected chi connectivity index (χ3v) is 2.61. The number of hydrogen-bond acceptors (Lipinski definition) is 3. The number of aryl methyl sites for hydroxylation is 1. The number of hydrogen-bond donors (Lipinski definition) is 3. The van der Waals surface area contributed by atoms with Crippen LogP contribution in [0.25, 0.3) is 0 Å². The van der Waals surface area contributed by atoms with Gasteiger partial charge in [-0.05, 0) is 19.3 Å². The maximum atomic E-state index is 11.9. The lowest BCUT2D eigenvalue weighted by molar-refractivity contribution is -0.139. The zero-order valence-corrected chi connectivity index (χ0v) is 11.2. The highest BCUT2D eigenvalue weighted by Gasteiger charge is 2.22. The van der Waals surface area contributed by atoms with Gasteiger partial charge < -0.3 is 15.4 Å². The Bertz CT molecular complexity index is 534. The summed E-state index contributed by atoms with van der Waals surface area (Å²) in [4.78, 5) is 37.3. The number of carbonyl (C=O) groups excluding carboxylic acids is 1. The summed E-state index contributed by atoms with van der Waals surface area (Å²) >= 11 is 0. The standard InChI is InChI=1S/C13H18N2O4/c1-7(2)4-10(13(18)19)15-12(17)9-6-14-8(3)5-11(9)16/h5-7,10H,4H2,1-3H3,(H,14,16)(H,15,17)(H,18,19)/t10-/m0/s1. The van der Waals surface area contributed by atoms with E-state index < -0.39 is 23.3 Å². The topological polar surface area (TPSA) is 99.3 Å². The second kappa shape index (κ2) is 6.17. The molecule has 0 saturated heterocycles. The first-order chi connectivity index (χ1) is 8.81. The number of pyridine rings is 1. The number of carboxylic acids is 1. The van der Waals surface area contributed by atoms with Crippen LogP contribution in [-0.4, -0.2) is 28.0 Å². The van der Waals surface area contributed by atoms with E-state index in [1.54, 1.807) is 6.92 Å². The van der Waals surface area contributed by atoms with Gasteiger partial charge in [-0.15, -0.1) is 0 Å². The van der Waals surface area contributed by atoms with Gasteiger partial charge in [0.2, 0.25) is 0 Å². The van der Waals surface area contributed by atoms with E-state index in [-0.39, 0.29) is 11.5 Å². The molecule has 1 heterocycles. The summed E-state index contributed by atoms with van der Waals surface area (Å²) < 4.78 is 0. The number of rotatable bonds is 5. The quantitative estimate of drug-likeness (QED) is 0.737. The lowest BCUT2D eigenvalue weighted by atomic mass is 10.0. The third kappa shape index (κ3) is 4.24. The molecule has 0 radical (unpaired) electrons. The van der Waals surface area contributed by atoms with Crippen molar-refractivity contribution in [1.82, 2.24) is 10.3 Å². The minimum Gasteiger partial charge on any atom is -0.480 e. The molecule has 0 aromatic carbocycles. The molecule has 0 aliphatic heterocycles. The molecule has 3 N–H and O–H groups in total. The number of carboxylic acid groups (broad SMARTS) is 1. The van der Waals surface area contributed by atoms with Crippen LogP contribution in [0.3, 0.4) is 0 Å². The molecule has 1 atom stereocenters. The Morgan fingerprint density at radius 3 is 2.53 bits per heavy atom. The monoisotopic (exact) mass is 266 g/mol. The zero-order chi connectivity index (χ0) is 14.6. The van der Waals surface area contributed by atoms with Crippen molar-refractivity contribution < 1.29 is 14.7 Å². The predicted octanol–water partition coefficient (Wildman–Crippen LogP) is 0.912. The second-order valence-corrected chi connectivity index (χ2v) is 4.89. The van der Waals surface area contributed by atoms with Gasteiger partial charge in [0.05, 0.1) is 0 Å². The van der Waals surface area contributed by atoms with Crippen molar-refractivity contribution in [3.8, 4) is 0 Å². The molecule has 104 valence electrons. The van der Waals surface area contributed by atoms with Gasteiger partial charge in [0.15, 0.2) is 5.43 Å². The lowest BCUT2D eigenvalue weighted by Gasteiger charge is -2.16. The highest BCUT2D eigenvalue weighted by molar-refractivity contribution is 5.96. The first-order valence-electron chi connectivity index (χ1n) is 6.04. The Kier molecular flexibility index (Phi) is 4.86. The Hall–Kier alpha value is -2.11. The largest absolute Gasteiger partial charge is 0.480 e. The Balaban J connectivity index is 2.88. The molecule has 1 rings (SSSR count). The summed E-state index contributed by atoms with van der Waals surface area (Å²) in [5, 5.41) is 11.4. The van der Waals surface area contributed by atoms with E-state index in [9.17, 15) is 14.4 Å². The molecule has 0 spiro atoms. The average molecular weight is 266 g/mol. The molecule has 6 heteroatoms. The molecule has 0 saturated carbocycles. The average Bonchev–Trinajstić information content (AvgIpc) is 2.26. The van der Waals surface area contributed by atoms with Crippen LogP contribution < -0.4 is 10.7 Å². The molecule has 1 amide bonds. The van der Waals surface area contributed by atoms with Crippen LogP contribution in [0.1, 0.15) is 36.3 Å². The first-order valence-corrected chi connectivity index (χ1v) is 6.04. The summed E-state index contributed by atoms with van der Waals surface area (Å²) in [6.07, 6.45) is 1.60. The lowest BCUT2D eigenvalue weighted by Crippen LogP contribution is -2.43. The van der Waals surface area contributed by atoms with Crippen LogP contribution in [0.5, 0.6) is 0 Å². The molecule has 0 fully saturated rings. The Morgan fingerprint density at radius 1 is 1.42 bits per heavy atom. The molecule has 0 bridgehead atoms. The molecule has 0 aliphatic carbocycles. The third-order valence-electron chi connectivity index (χ3n) is 2.61. The first kappa shape index (κ1) is 14.9. The summed E-state index contributed by atoms with van der Waals surface area (Å²) in [5.74, 6) is -1.66. The fourth-order valence-corrected chi connectivity index (χ4v) is 1.68. The van der Waals surface area contributed by atoms with Crippen molar-refractivity contribution in [1.29, 1.82) is 0 Å². The van der Waals surface area contributed by atoms with Gasteiger partial charge in [0.1, 0.15) is 11.6 Å². The van der Waals surface area contributed by atoms with E-state index in [0.29, 0.717) is 12.1 Å². The number of aliphatic carboxylic acids is 1. The van der Waals surface area contributed by atoms with Crippen molar-refractivity contribution in [3.05, 3.63) is 33.7 Å². The van der Waals surface area contributed by atoms with E-state index in [0.717, 1.165) is 0 Å². The molecule has 0 aliphatic rings. The van der Waals surface area contributed by atoms with Gasteiger partial charge in [-0.2, -0.15) is 0 Å². The molecular formula is C13H18N2O4. The normalized spacial score (nSPS) is 12.2. The van der Waals surface area contributed by atoms with Gasteiger partial charge >= 0.3 is 5.97 Å². The molecule has 6 nitrogen and oxygen atoms in total. The fraction of sp³-hybridized carbons (Fsp3) is 0.462. The molecular weight excluding hydrogens is 248 g/mol. The van der Waals surface area contributed by atoms with Gasteiger partial charge in [0.25, 0.3) is 5.91 Å². The Morgan fingerprint density at radius 2 is 2.05 bits per heavy atom. The van der Waals surface area contributed by atoms with Crippen molar-refractivity contribution in [3.63, 3.8) is 0 Å². The van der Waals surface area contributed by atoms with Crippen LogP contribution in [0.15, 0.2) is 17.1 Å². The SMILES string of the molecule is Cc1cc(=O)c(C(=O)N[C@@H](CC(C)C)C(=O)O)c[nH]1. The number of aromatic nitrogens is 1. The number of aromatic amines is 1. The summed E-state index contributed by atoms with van der Waals surface area (Å²) in [7, 11) is 0. The Labute approximate surface area is 110 Å². The van der Waals surface area contributed by atoms with Gasteiger partial charge in [-0.25, -0.2) is 4.79 Å². The van der Waals surface area contributed by atoms with E-state index in [2.05, 4.69) is 10.3 Å². The second-order valence-electron chi connectivity index (χ2n) is 4.89. The zero-order valence-electron chi connectivity index (χ0n) is 11.2. The van der Waals surface area contributed by atoms with E-state index >= 15 is 0 Å². The number of H-pyrrole nitrogens is 1. The highest BCUT2D eigenvalue weighted by Crippen LogP contribution is 2.05. The van der Waals surface area contributed by atoms with Crippen LogP contribution in [0, 0.1) is 12.8 Å². The predicted molar refractivity (Wildman–Crippen MR) is 70.1 cm³/mol. The van der Waals surface area contributed by atoms with Gasteiger partial charge in [-0.1, -0.05) is 13.8 Å². The van der Waals surface area contributed by atoms with Crippen molar-refractivity contribution in [2.24, 2.45) is 5.92 Å². The summed E-state index contributed by atoms with van der Waals surface area (Å²) in [5.41, 5.74) is 0.126. The van der Waals surface area contributed by atoms with Crippen LogP contribution in [-0.2, 0) is 4.79 Å². The summed E-state index contributed by atoms with van der Waals surface area (Å²) in [6, 6.07) is 0.306. The number of carbonyl (C=O) groups is 2. The van der Waals surface area contributed by atoms with Crippen LogP contribution in [0.4, 0.5) is 0 Å². The van der Waals surface area contributed by atoms with Crippen LogP contribution in [0.2, 0.25) is 0 Å².